The van der Waals surface area contributed by atoms with E-state index in [0.717, 1.165) is 0 Å². The lowest BCUT2D eigenvalue weighted by molar-refractivity contribution is -0.136. The third-order valence-electron chi connectivity index (χ3n) is 3.43. The standard InChI is InChI=1S/C18H22N4O5/c19-21-13-5-1-3-7-15(13)26-17(23)9-11-25-12-10-18(24)27-16-8-4-2-6-14(16)22-20/h1-8,21-22H,9-12,19-20H2. The summed E-state index contributed by atoms with van der Waals surface area (Å²) in [5, 5.41) is 0. The summed E-state index contributed by atoms with van der Waals surface area (Å²) in [6.07, 6.45) is 0.0712. The maximum absolute atomic E-state index is 11.8. The minimum atomic E-state index is -0.469. The first-order chi connectivity index (χ1) is 13.1. The molecule has 6 N–H and O–H groups in total. The fraction of sp³-hybridized carbons (Fsp3) is 0.222. The van der Waals surface area contributed by atoms with Crippen LogP contribution in [0.2, 0.25) is 0 Å². The van der Waals surface area contributed by atoms with Crippen molar-refractivity contribution in [3.63, 3.8) is 0 Å². The van der Waals surface area contributed by atoms with Gasteiger partial charge >= 0.3 is 11.9 Å². The summed E-state index contributed by atoms with van der Waals surface area (Å²) >= 11 is 0. The molecule has 0 atom stereocenters. The molecule has 2 aromatic rings. The van der Waals surface area contributed by atoms with Gasteiger partial charge in [-0.1, -0.05) is 24.3 Å². The predicted molar refractivity (Wildman–Crippen MR) is 99.8 cm³/mol. The van der Waals surface area contributed by atoms with Gasteiger partial charge < -0.3 is 25.1 Å². The van der Waals surface area contributed by atoms with Crippen molar-refractivity contribution in [2.24, 2.45) is 11.7 Å². The van der Waals surface area contributed by atoms with E-state index in [1.165, 1.54) is 0 Å². The highest BCUT2D eigenvalue weighted by Crippen LogP contribution is 2.23. The van der Waals surface area contributed by atoms with Crippen molar-refractivity contribution in [3.05, 3.63) is 48.5 Å². The Morgan fingerprint density at radius 1 is 0.741 bits per heavy atom. The number of nitrogens with two attached hydrogens (primary N) is 2. The van der Waals surface area contributed by atoms with Crippen molar-refractivity contribution in [1.82, 2.24) is 0 Å². The number of nitrogens with one attached hydrogen (secondary N) is 2. The van der Waals surface area contributed by atoms with Crippen LogP contribution in [0.15, 0.2) is 48.5 Å². The third kappa shape index (κ3) is 6.59. The molecule has 0 radical (unpaired) electrons. The third-order valence-corrected chi connectivity index (χ3v) is 3.43. The molecule has 0 fully saturated rings. The second-order valence-electron chi connectivity index (χ2n) is 5.34. The molecule has 2 aromatic carbocycles. The van der Waals surface area contributed by atoms with E-state index in [1.807, 2.05) is 0 Å². The van der Waals surface area contributed by atoms with E-state index in [2.05, 4.69) is 10.9 Å². The SMILES string of the molecule is NNc1ccccc1OC(=O)CCOCCC(=O)Oc1ccccc1NN. The van der Waals surface area contributed by atoms with E-state index in [1.54, 1.807) is 48.5 Å². The molecule has 0 saturated carbocycles. The molecule has 0 bridgehead atoms. The van der Waals surface area contributed by atoms with Gasteiger partial charge in [0.2, 0.25) is 0 Å². The molecule has 9 heteroatoms. The second kappa shape index (κ2) is 10.8. The molecular weight excluding hydrogens is 352 g/mol. The number of benzene rings is 2. The van der Waals surface area contributed by atoms with Gasteiger partial charge in [0.1, 0.15) is 0 Å². The zero-order valence-electron chi connectivity index (χ0n) is 14.6. The second-order valence-corrected chi connectivity index (χ2v) is 5.34. The Bertz CT molecular complexity index is 705. The summed E-state index contributed by atoms with van der Waals surface area (Å²) < 4.78 is 15.7. The maximum atomic E-state index is 11.8. The molecule has 0 aliphatic rings. The Labute approximate surface area is 156 Å². The number of hydrogen-bond acceptors (Lipinski definition) is 9. The zero-order chi connectivity index (χ0) is 19.5. The zero-order valence-corrected chi connectivity index (χ0v) is 14.6. The van der Waals surface area contributed by atoms with Crippen molar-refractivity contribution >= 4 is 23.3 Å². The lowest BCUT2D eigenvalue weighted by Crippen LogP contribution is -2.16. The van der Waals surface area contributed by atoms with E-state index < -0.39 is 11.9 Å². The highest BCUT2D eigenvalue weighted by molar-refractivity contribution is 5.75. The molecule has 9 nitrogen and oxygen atoms in total. The number of carbonyl (C=O) groups is 2. The number of rotatable bonds is 10. The van der Waals surface area contributed by atoms with E-state index >= 15 is 0 Å². The minimum Gasteiger partial charge on any atom is -0.424 e. The molecule has 0 unspecified atom stereocenters. The smallest absolute Gasteiger partial charge is 0.313 e. The van der Waals surface area contributed by atoms with Crippen LogP contribution < -0.4 is 32.0 Å². The first-order valence-corrected chi connectivity index (χ1v) is 8.24. The van der Waals surface area contributed by atoms with Crippen LogP contribution in [0.5, 0.6) is 11.5 Å². The highest BCUT2D eigenvalue weighted by atomic mass is 16.5. The average molecular weight is 374 g/mol. The summed E-state index contributed by atoms with van der Waals surface area (Å²) in [6.45, 7) is 0.233. The number of carbonyl (C=O) groups excluding carboxylic acids is 2. The van der Waals surface area contributed by atoms with Crippen molar-refractivity contribution in [2.75, 3.05) is 24.1 Å². The van der Waals surface area contributed by atoms with Crippen LogP contribution >= 0.6 is 0 Å². The largest absolute Gasteiger partial charge is 0.424 e. The van der Waals surface area contributed by atoms with E-state index in [-0.39, 0.29) is 26.1 Å². The number of esters is 2. The van der Waals surface area contributed by atoms with Gasteiger partial charge in [0.25, 0.3) is 0 Å². The van der Waals surface area contributed by atoms with Gasteiger partial charge in [-0.2, -0.15) is 0 Å². The summed E-state index contributed by atoms with van der Waals surface area (Å²) in [6, 6.07) is 13.6. The number of anilines is 2. The van der Waals surface area contributed by atoms with Gasteiger partial charge in [-0.15, -0.1) is 0 Å². The van der Waals surface area contributed by atoms with Crippen LogP contribution in [0.4, 0.5) is 11.4 Å². The minimum absolute atomic E-state index is 0.0356. The van der Waals surface area contributed by atoms with Crippen LogP contribution in [-0.2, 0) is 14.3 Å². The topological polar surface area (TPSA) is 138 Å². The van der Waals surface area contributed by atoms with Crippen LogP contribution in [0.1, 0.15) is 12.8 Å². The quantitative estimate of drug-likeness (QED) is 0.160. The first-order valence-electron chi connectivity index (χ1n) is 8.24. The number of para-hydroxylation sites is 4. The van der Waals surface area contributed by atoms with Gasteiger partial charge in [-0.3, -0.25) is 21.3 Å². The van der Waals surface area contributed by atoms with Crippen molar-refractivity contribution in [2.45, 2.75) is 12.8 Å². The predicted octanol–water partition coefficient (Wildman–Crippen LogP) is 1.57. The first kappa shape index (κ1) is 20.2. The van der Waals surface area contributed by atoms with Crippen LogP contribution in [-0.4, -0.2) is 25.2 Å². The summed E-state index contributed by atoms with van der Waals surface area (Å²) in [7, 11) is 0. The van der Waals surface area contributed by atoms with Crippen molar-refractivity contribution < 1.29 is 23.8 Å². The Morgan fingerprint density at radius 2 is 1.15 bits per heavy atom. The van der Waals surface area contributed by atoms with E-state index in [9.17, 15) is 9.59 Å². The van der Waals surface area contributed by atoms with Crippen LogP contribution in [0, 0.1) is 0 Å². The molecule has 0 spiro atoms. The fourth-order valence-electron chi connectivity index (χ4n) is 2.11. The number of hydrazine groups is 2. The Morgan fingerprint density at radius 3 is 1.56 bits per heavy atom. The van der Waals surface area contributed by atoms with Crippen molar-refractivity contribution in [3.8, 4) is 11.5 Å². The Hall–Kier alpha value is -3.14. The normalized spacial score (nSPS) is 10.1. The van der Waals surface area contributed by atoms with Gasteiger partial charge in [-0.05, 0) is 24.3 Å². The molecule has 144 valence electrons. The van der Waals surface area contributed by atoms with Gasteiger partial charge in [0, 0.05) is 0 Å². The van der Waals surface area contributed by atoms with Crippen LogP contribution in [0.3, 0.4) is 0 Å². The van der Waals surface area contributed by atoms with E-state index in [0.29, 0.717) is 22.9 Å². The number of ether oxygens (including phenoxy) is 3. The molecule has 2 rings (SSSR count). The molecule has 0 amide bonds. The van der Waals surface area contributed by atoms with Gasteiger partial charge in [-0.25, -0.2) is 0 Å². The maximum Gasteiger partial charge on any atom is 0.313 e. The molecule has 0 aromatic heterocycles. The summed E-state index contributed by atoms with van der Waals surface area (Å²) in [5.41, 5.74) is 5.89. The monoisotopic (exact) mass is 374 g/mol. The lowest BCUT2D eigenvalue weighted by Gasteiger charge is -2.10. The lowest BCUT2D eigenvalue weighted by atomic mass is 10.3. The highest BCUT2D eigenvalue weighted by Gasteiger charge is 2.10. The molecular formula is C18H22N4O5. The Balaban J connectivity index is 1.65. The van der Waals surface area contributed by atoms with Gasteiger partial charge in [0.05, 0.1) is 37.4 Å². The number of nitrogen functional groups attached to an aromatic ring is 2. The Kier molecular flexibility index (Phi) is 8.04. The molecule has 0 aliphatic heterocycles. The summed E-state index contributed by atoms with van der Waals surface area (Å²) in [4.78, 5) is 23.6. The van der Waals surface area contributed by atoms with E-state index in [4.69, 9.17) is 25.9 Å². The van der Waals surface area contributed by atoms with Crippen molar-refractivity contribution in [1.29, 1.82) is 0 Å². The fourth-order valence-corrected chi connectivity index (χ4v) is 2.11. The summed E-state index contributed by atoms with van der Waals surface area (Å²) in [5.74, 6) is 10.4. The molecule has 0 saturated heterocycles. The molecule has 27 heavy (non-hydrogen) atoms. The molecule has 0 heterocycles. The van der Waals surface area contributed by atoms with Crippen LogP contribution in [0.25, 0.3) is 0 Å². The number of hydrogen-bond donors (Lipinski definition) is 4. The molecule has 0 aliphatic carbocycles. The average Bonchev–Trinajstić information content (AvgIpc) is 2.68. The van der Waals surface area contributed by atoms with Gasteiger partial charge in [0.15, 0.2) is 11.5 Å².